The van der Waals surface area contributed by atoms with Crippen LogP contribution in [0.4, 0.5) is 0 Å². The molecule has 0 aliphatic carbocycles. The second-order valence-electron chi connectivity index (χ2n) is 1.70. The van der Waals surface area contributed by atoms with Crippen molar-refractivity contribution < 1.29 is 9.59 Å². The van der Waals surface area contributed by atoms with Crippen LogP contribution in [0, 0.1) is 0 Å². The Morgan fingerprint density at radius 2 is 2.14 bits per heavy atom. The summed E-state index contributed by atoms with van der Waals surface area (Å²) in [6.07, 6.45) is 1.26. The van der Waals surface area contributed by atoms with Crippen LogP contribution in [0.25, 0.3) is 0 Å². The van der Waals surface area contributed by atoms with Crippen LogP contribution in [-0.2, 0) is 9.59 Å². The Hall–Kier alpha value is -0.595. The standard InChI is InChI=1S/C4H5BO2/c6-3-1-2-5-4(3)7/h5H,1-2H2. The molecule has 0 aromatic carbocycles. The summed E-state index contributed by atoms with van der Waals surface area (Å²) in [7, 11) is 0.485. The lowest BCUT2D eigenvalue weighted by Crippen LogP contribution is -2.08. The van der Waals surface area contributed by atoms with E-state index in [2.05, 4.69) is 0 Å². The molecule has 0 amide bonds. The molecule has 0 bridgehead atoms. The zero-order chi connectivity index (χ0) is 5.28. The van der Waals surface area contributed by atoms with Gasteiger partial charge in [0, 0.05) is 6.42 Å². The second kappa shape index (κ2) is 1.48. The van der Waals surface area contributed by atoms with E-state index in [0.717, 1.165) is 6.32 Å². The third kappa shape index (κ3) is 0.708. The van der Waals surface area contributed by atoms with Gasteiger partial charge in [0.2, 0.25) is 7.28 Å². The maximum absolute atomic E-state index is 10.2. The van der Waals surface area contributed by atoms with Gasteiger partial charge in [0.15, 0.2) is 11.5 Å². The van der Waals surface area contributed by atoms with Gasteiger partial charge in [-0.05, 0) is 0 Å². The molecule has 36 valence electrons. The monoisotopic (exact) mass is 96.0 g/mol. The van der Waals surface area contributed by atoms with E-state index in [1.807, 2.05) is 0 Å². The molecule has 1 heterocycles. The van der Waals surface area contributed by atoms with Crippen molar-refractivity contribution in [1.29, 1.82) is 0 Å². The largest absolute Gasteiger partial charge is 0.303 e. The number of carbonyl (C=O) groups is 2. The van der Waals surface area contributed by atoms with Gasteiger partial charge in [0.25, 0.3) is 0 Å². The predicted octanol–water partition coefficient (Wildman–Crippen LogP) is -0.659. The molecule has 2 nitrogen and oxygen atoms in total. The summed E-state index contributed by atoms with van der Waals surface area (Å²) in [5, 5.41) is 0. The molecule has 0 radical (unpaired) electrons. The van der Waals surface area contributed by atoms with Gasteiger partial charge in [-0.25, -0.2) is 0 Å². The molecule has 0 N–H and O–H groups in total. The number of Topliss-reactive ketones (excluding diaryl/α,β-unsaturated/α-hetero) is 1. The van der Waals surface area contributed by atoms with Gasteiger partial charge in [-0.1, -0.05) is 6.32 Å². The highest BCUT2D eigenvalue weighted by atomic mass is 16.2. The summed E-state index contributed by atoms with van der Waals surface area (Å²) in [6.45, 7) is 0. The van der Waals surface area contributed by atoms with Gasteiger partial charge in [-0.2, -0.15) is 0 Å². The quantitative estimate of drug-likeness (QED) is 0.296. The first-order valence-corrected chi connectivity index (χ1v) is 2.37. The average molecular weight is 95.9 g/mol. The van der Waals surface area contributed by atoms with Gasteiger partial charge < -0.3 is 4.79 Å². The molecule has 7 heavy (non-hydrogen) atoms. The molecule has 0 aromatic rings. The summed E-state index contributed by atoms with van der Waals surface area (Å²) < 4.78 is 0. The van der Waals surface area contributed by atoms with Crippen molar-refractivity contribution in [2.75, 3.05) is 0 Å². The first-order valence-electron chi connectivity index (χ1n) is 2.37. The summed E-state index contributed by atoms with van der Waals surface area (Å²) in [6, 6.07) is 0. The van der Waals surface area contributed by atoms with Crippen molar-refractivity contribution in [3.8, 4) is 0 Å². The Balaban J connectivity index is 2.65. The number of hydrogen-bond acceptors (Lipinski definition) is 2. The first kappa shape index (κ1) is 4.56. The van der Waals surface area contributed by atoms with Crippen molar-refractivity contribution >= 4 is 18.7 Å². The fourth-order valence-corrected chi connectivity index (χ4v) is 0.688. The minimum atomic E-state index is -0.181. The van der Waals surface area contributed by atoms with E-state index < -0.39 is 0 Å². The molecule has 0 spiro atoms. The van der Waals surface area contributed by atoms with Crippen LogP contribution in [0.15, 0.2) is 0 Å². The summed E-state index contributed by atoms with van der Waals surface area (Å²) in [4.78, 5) is 20.4. The highest BCUT2D eigenvalue weighted by Gasteiger charge is 2.20. The maximum Gasteiger partial charge on any atom is 0.216 e. The SMILES string of the molecule is O=C1BCCC1=O. The normalized spacial score (nSPS) is 20.0. The molecule has 1 aliphatic heterocycles. The Bertz CT molecular complexity index is 105. The third-order valence-electron chi connectivity index (χ3n) is 1.12. The zero-order valence-corrected chi connectivity index (χ0v) is 3.94. The Labute approximate surface area is 42.1 Å². The lowest BCUT2D eigenvalue weighted by molar-refractivity contribution is -0.131. The molecule has 1 saturated heterocycles. The van der Waals surface area contributed by atoms with E-state index in [0.29, 0.717) is 13.7 Å². The van der Waals surface area contributed by atoms with Crippen LogP contribution in [0.3, 0.4) is 0 Å². The number of ketones is 1. The average Bonchev–Trinajstić information content (AvgIpc) is 1.91. The van der Waals surface area contributed by atoms with Crippen molar-refractivity contribution in [1.82, 2.24) is 0 Å². The van der Waals surface area contributed by atoms with Crippen LogP contribution in [0.2, 0.25) is 6.32 Å². The molecule has 0 aromatic heterocycles. The van der Waals surface area contributed by atoms with Crippen LogP contribution in [0.5, 0.6) is 0 Å². The number of hydrogen-bond donors (Lipinski definition) is 0. The van der Waals surface area contributed by atoms with E-state index in [9.17, 15) is 9.59 Å². The van der Waals surface area contributed by atoms with Crippen LogP contribution < -0.4 is 0 Å². The van der Waals surface area contributed by atoms with Crippen LogP contribution >= 0.6 is 0 Å². The topological polar surface area (TPSA) is 34.1 Å². The Morgan fingerprint density at radius 3 is 2.29 bits per heavy atom. The Morgan fingerprint density at radius 1 is 1.43 bits per heavy atom. The third-order valence-corrected chi connectivity index (χ3v) is 1.12. The summed E-state index contributed by atoms with van der Waals surface area (Å²) >= 11 is 0. The van der Waals surface area contributed by atoms with E-state index in [1.165, 1.54) is 0 Å². The molecule has 1 rings (SSSR count). The predicted molar refractivity (Wildman–Crippen MR) is 26.6 cm³/mol. The molecular weight excluding hydrogens is 90.9 g/mol. The number of carbonyl (C=O) groups excluding carboxylic acids is 2. The lowest BCUT2D eigenvalue weighted by atomic mass is 9.76. The highest BCUT2D eigenvalue weighted by Crippen LogP contribution is 2.00. The minimum absolute atomic E-state index is 0.181. The fourth-order valence-electron chi connectivity index (χ4n) is 0.688. The summed E-state index contributed by atoms with van der Waals surface area (Å²) in [5.74, 6) is -0.181. The van der Waals surface area contributed by atoms with Gasteiger partial charge in [0.05, 0.1) is 0 Å². The van der Waals surface area contributed by atoms with Gasteiger partial charge in [-0.3, -0.25) is 4.79 Å². The van der Waals surface area contributed by atoms with E-state index in [1.54, 1.807) is 0 Å². The second-order valence-corrected chi connectivity index (χ2v) is 1.70. The molecule has 3 heteroatoms. The van der Waals surface area contributed by atoms with Gasteiger partial charge in [-0.15, -0.1) is 0 Å². The molecule has 1 aliphatic rings. The van der Waals surface area contributed by atoms with Gasteiger partial charge in [0.1, 0.15) is 0 Å². The van der Waals surface area contributed by atoms with Crippen LogP contribution in [0.1, 0.15) is 6.42 Å². The van der Waals surface area contributed by atoms with Gasteiger partial charge >= 0.3 is 0 Å². The Kier molecular flexibility index (Phi) is 0.967. The van der Waals surface area contributed by atoms with Crippen molar-refractivity contribution in [3.63, 3.8) is 0 Å². The zero-order valence-electron chi connectivity index (χ0n) is 3.94. The fraction of sp³-hybridized carbons (Fsp3) is 0.500. The molecule has 0 unspecified atom stereocenters. The van der Waals surface area contributed by atoms with Crippen LogP contribution in [-0.4, -0.2) is 18.7 Å². The molecule has 0 saturated carbocycles. The molecular formula is C4H5BO2. The highest BCUT2D eigenvalue weighted by molar-refractivity contribution is 6.91. The number of rotatable bonds is 0. The lowest BCUT2D eigenvalue weighted by Gasteiger charge is -1.73. The van der Waals surface area contributed by atoms with E-state index >= 15 is 0 Å². The molecule has 1 fully saturated rings. The summed E-state index contributed by atoms with van der Waals surface area (Å²) in [5.41, 5.74) is -0.181. The minimum Gasteiger partial charge on any atom is -0.303 e. The van der Waals surface area contributed by atoms with Crippen molar-refractivity contribution in [2.45, 2.75) is 12.7 Å². The van der Waals surface area contributed by atoms with E-state index in [4.69, 9.17) is 0 Å². The smallest absolute Gasteiger partial charge is 0.216 e. The van der Waals surface area contributed by atoms with E-state index in [-0.39, 0.29) is 11.5 Å². The molecule has 0 atom stereocenters. The maximum atomic E-state index is 10.2. The van der Waals surface area contributed by atoms with Crippen molar-refractivity contribution in [3.05, 3.63) is 0 Å². The van der Waals surface area contributed by atoms with Crippen molar-refractivity contribution in [2.24, 2.45) is 0 Å². The first-order chi connectivity index (χ1) is 3.30.